The minimum absolute atomic E-state index is 0.0131. The largest absolute Gasteiger partial charge is 0.384 e. The average Bonchev–Trinajstić information content (AvgIpc) is 3.06. The van der Waals surface area contributed by atoms with E-state index in [-0.39, 0.29) is 16.3 Å². The lowest BCUT2D eigenvalue weighted by molar-refractivity contribution is 0.0530. The summed E-state index contributed by atoms with van der Waals surface area (Å²) >= 11 is 2.90. The maximum Gasteiger partial charge on any atom is 0.288 e. The van der Waals surface area contributed by atoms with Crippen molar-refractivity contribution < 1.29 is 18.7 Å². The molecule has 21 heavy (non-hydrogen) atoms. The van der Waals surface area contributed by atoms with Crippen LogP contribution in [0, 0.1) is 0 Å². The number of thioether (sulfide) groups is 1. The zero-order valence-electron chi connectivity index (χ0n) is 11.0. The van der Waals surface area contributed by atoms with Crippen molar-refractivity contribution in [3.63, 3.8) is 0 Å². The van der Waals surface area contributed by atoms with E-state index in [1.807, 2.05) is 5.38 Å². The van der Waals surface area contributed by atoms with Gasteiger partial charge in [-0.2, -0.15) is 20.1 Å². The number of carbonyl (C=O) groups excluding carboxylic acids is 1. The Hall–Kier alpha value is -0.960. The maximum atomic E-state index is 12.4. The molecule has 114 valence electrons. The van der Waals surface area contributed by atoms with E-state index >= 15 is 0 Å². The lowest BCUT2D eigenvalue weighted by atomic mass is 9.99. The summed E-state index contributed by atoms with van der Waals surface area (Å²) in [5, 5.41) is 18.1. The van der Waals surface area contributed by atoms with Gasteiger partial charge in [-0.1, -0.05) is 11.8 Å². The van der Waals surface area contributed by atoms with Crippen LogP contribution in [0.2, 0.25) is 0 Å². The summed E-state index contributed by atoms with van der Waals surface area (Å²) in [4.78, 5) is 12.5. The minimum Gasteiger partial charge on any atom is -0.384 e. The van der Waals surface area contributed by atoms with E-state index in [0.717, 1.165) is 11.3 Å². The van der Waals surface area contributed by atoms with E-state index in [2.05, 4.69) is 5.32 Å². The Bertz CT molecular complexity index is 596. The topological polar surface area (TPSA) is 49.3 Å². The van der Waals surface area contributed by atoms with Crippen LogP contribution < -0.4 is 5.32 Å². The first-order chi connectivity index (χ1) is 9.90. The Morgan fingerprint density at radius 1 is 1.48 bits per heavy atom. The smallest absolute Gasteiger partial charge is 0.288 e. The van der Waals surface area contributed by atoms with Gasteiger partial charge >= 0.3 is 0 Å². The molecule has 0 aliphatic rings. The summed E-state index contributed by atoms with van der Waals surface area (Å²) < 4.78 is 24.8. The SMILES string of the molecule is CC(O)(CNC(=O)c1sccc1SC(F)F)c1ccsc1. The fourth-order valence-corrected chi connectivity index (χ4v) is 4.06. The van der Waals surface area contributed by atoms with E-state index in [4.69, 9.17) is 0 Å². The standard InChI is InChI=1S/C13H13F2NO2S3/c1-13(18,8-2-4-19-6-8)7-16-11(17)10-9(3-5-20-10)21-12(14)15/h2-6,12,18H,7H2,1H3,(H,16,17). The third kappa shape index (κ3) is 4.26. The first-order valence-electron chi connectivity index (χ1n) is 5.96. The third-order valence-electron chi connectivity index (χ3n) is 2.79. The van der Waals surface area contributed by atoms with Crippen molar-refractivity contribution >= 4 is 40.3 Å². The maximum absolute atomic E-state index is 12.4. The zero-order valence-corrected chi connectivity index (χ0v) is 13.5. The summed E-state index contributed by atoms with van der Waals surface area (Å²) in [7, 11) is 0. The van der Waals surface area contributed by atoms with Crippen molar-refractivity contribution in [1.29, 1.82) is 0 Å². The molecule has 2 heterocycles. The molecular formula is C13H13F2NO2S3. The summed E-state index contributed by atoms with van der Waals surface area (Å²) in [6.07, 6.45) is 0. The van der Waals surface area contributed by atoms with Crippen molar-refractivity contribution in [2.24, 2.45) is 0 Å². The molecule has 2 aromatic rings. The molecule has 3 nitrogen and oxygen atoms in total. The van der Waals surface area contributed by atoms with E-state index in [9.17, 15) is 18.7 Å². The molecule has 0 aliphatic heterocycles. The van der Waals surface area contributed by atoms with Crippen LogP contribution in [0.5, 0.6) is 0 Å². The molecule has 1 amide bonds. The number of rotatable bonds is 6. The number of hydrogen-bond donors (Lipinski definition) is 2. The molecule has 2 rings (SSSR count). The van der Waals surface area contributed by atoms with Gasteiger partial charge in [0, 0.05) is 4.90 Å². The Morgan fingerprint density at radius 3 is 2.86 bits per heavy atom. The van der Waals surface area contributed by atoms with Crippen LogP contribution in [-0.2, 0) is 5.60 Å². The second kappa shape index (κ2) is 6.87. The number of nitrogens with one attached hydrogen (secondary N) is 1. The minimum atomic E-state index is -2.57. The molecule has 8 heteroatoms. The molecule has 0 saturated carbocycles. The molecule has 2 N–H and O–H groups in total. The number of halogens is 2. The van der Waals surface area contributed by atoms with Gasteiger partial charge in [-0.25, -0.2) is 0 Å². The normalized spacial score (nSPS) is 14.1. The van der Waals surface area contributed by atoms with Gasteiger partial charge in [-0.05, 0) is 40.8 Å². The Balaban J connectivity index is 2.01. The number of hydrogen-bond acceptors (Lipinski definition) is 5. The highest BCUT2D eigenvalue weighted by Gasteiger charge is 2.25. The van der Waals surface area contributed by atoms with Gasteiger partial charge in [0.25, 0.3) is 11.7 Å². The average molecular weight is 349 g/mol. The Labute approximate surface area is 133 Å². The summed E-state index contributed by atoms with van der Waals surface area (Å²) in [5.41, 5.74) is -0.482. The summed E-state index contributed by atoms with van der Waals surface area (Å²) in [6, 6.07) is 3.27. The molecular weight excluding hydrogens is 336 g/mol. The van der Waals surface area contributed by atoms with Gasteiger partial charge in [-0.15, -0.1) is 11.3 Å². The molecule has 0 aliphatic carbocycles. The summed E-state index contributed by atoms with van der Waals surface area (Å²) in [5.74, 6) is -3.02. The van der Waals surface area contributed by atoms with Crippen molar-refractivity contribution in [2.75, 3.05) is 6.54 Å². The van der Waals surface area contributed by atoms with Gasteiger partial charge < -0.3 is 10.4 Å². The van der Waals surface area contributed by atoms with Crippen LogP contribution in [0.15, 0.2) is 33.2 Å². The summed E-state index contributed by atoms with van der Waals surface area (Å²) in [6.45, 7) is 1.61. The van der Waals surface area contributed by atoms with Crippen LogP contribution in [0.3, 0.4) is 0 Å². The third-order valence-corrected chi connectivity index (χ3v) is 5.29. The lowest BCUT2D eigenvalue weighted by Gasteiger charge is -2.22. The van der Waals surface area contributed by atoms with Crippen molar-refractivity contribution in [2.45, 2.75) is 23.2 Å². The number of thiophene rings is 2. The van der Waals surface area contributed by atoms with Gasteiger partial charge in [0.05, 0.1) is 6.54 Å². The fourth-order valence-electron chi connectivity index (χ4n) is 1.66. The van der Waals surface area contributed by atoms with E-state index < -0.39 is 17.3 Å². The van der Waals surface area contributed by atoms with E-state index in [1.54, 1.807) is 23.8 Å². The van der Waals surface area contributed by atoms with Crippen LogP contribution in [0.25, 0.3) is 0 Å². The Morgan fingerprint density at radius 2 is 2.24 bits per heavy atom. The van der Waals surface area contributed by atoms with E-state index in [0.29, 0.717) is 17.3 Å². The fraction of sp³-hybridized carbons (Fsp3) is 0.308. The van der Waals surface area contributed by atoms with Crippen molar-refractivity contribution in [3.05, 3.63) is 38.7 Å². The molecule has 0 saturated heterocycles. The lowest BCUT2D eigenvalue weighted by Crippen LogP contribution is -2.38. The molecule has 0 bridgehead atoms. The molecule has 0 aromatic carbocycles. The second-order valence-electron chi connectivity index (χ2n) is 4.46. The predicted octanol–water partition coefficient (Wildman–Crippen LogP) is 3.76. The second-order valence-corrected chi connectivity index (χ2v) is 7.19. The van der Waals surface area contributed by atoms with Crippen molar-refractivity contribution in [1.82, 2.24) is 5.32 Å². The zero-order chi connectivity index (χ0) is 15.5. The highest BCUT2D eigenvalue weighted by Crippen LogP contribution is 2.32. The van der Waals surface area contributed by atoms with E-state index in [1.165, 1.54) is 17.4 Å². The molecule has 0 fully saturated rings. The van der Waals surface area contributed by atoms with Crippen LogP contribution in [-0.4, -0.2) is 23.3 Å². The van der Waals surface area contributed by atoms with Gasteiger partial charge in [-0.3, -0.25) is 4.79 Å². The highest BCUT2D eigenvalue weighted by molar-refractivity contribution is 7.99. The molecule has 0 radical (unpaired) electrons. The predicted molar refractivity (Wildman–Crippen MR) is 82.4 cm³/mol. The van der Waals surface area contributed by atoms with Gasteiger partial charge in [0.1, 0.15) is 10.5 Å². The quantitative estimate of drug-likeness (QED) is 0.781. The number of carbonyl (C=O) groups is 1. The number of alkyl halides is 2. The molecule has 0 spiro atoms. The first-order valence-corrected chi connectivity index (χ1v) is 8.66. The Kier molecular flexibility index (Phi) is 5.37. The van der Waals surface area contributed by atoms with Gasteiger partial charge in [0.15, 0.2) is 0 Å². The van der Waals surface area contributed by atoms with Crippen molar-refractivity contribution in [3.8, 4) is 0 Å². The number of aliphatic hydroxyl groups is 1. The highest BCUT2D eigenvalue weighted by atomic mass is 32.2. The van der Waals surface area contributed by atoms with Crippen LogP contribution in [0.4, 0.5) is 8.78 Å². The molecule has 2 aromatic heterocycles. The molecule has 1 unspecified atom stereocenters. The van der Waals surface area contributed by atoms with Crippen LogP contribution >= 0.6 is 34.4 Å². The monoisotopic (exact) mass is 349 g/mol. The first kappa shape index (κ1) is 16.4. The van der Waals surface area contributed by atoms with Crippen LogP contribution in [0.1, 0.15) is 22.2 Å². The molecule has 1 atom stereocenters. The number of amides is 1. The van der Waals surface area contributed by atoms with Gasteiger partial charge in [0.2, 0.25) is 0 Å².